The number of halogens is 1. The average molecular weight is 476 g/mol. The van der Waals surface area contributed by atoms with Gasteiger partial charge in [-0.25, -0.2) is 0 Å². The third-order valence-corrected chi connectivity index (χ3v) is 5.17. The van der Waals surface area contributed by atoms with E-state index in [1.807, 2.05) is 24.3 Å². The Morgan fingerprint density at radius 3 is 2.00 bits per heavy atom. The third kappa shape index (κ3) is 6.09. The molecule has 0 atom stereocenters. The van der Waals surface area contributed by atoms with Crippen LogP contribution in [0.4, 0.5) is 5.69 Å². The molecule has 0 spiro atoms. The number of nitro groups is 1. The van der Waals surface area contributed by atoms with Gasteiger partial charge >= 0.3 is 0 Å². The maximum atomic E-state index is 11.5. The van der Waals surface area contributed by atoms with Gasteiger partial charge in [-0.1, -0.05) is 51.4 Å². The smallest absolute Gasteiger partial charge is 0.286 e. The normalized spacial score (nSPS) is 9.67. The lowest BCUT2D eigenvalue weighted by Gasteiger charge is -1.98. The maximum absolute atomic E-state index is 11.5. The Kier molecular flexibility index (Phi) is 7.08. The first-order chi connectivity index (χ1) is 14.4. The highest BCUT2D eigenvalue weighted by molar-refractivity contribution is 9.10. The second-order valence-electron chi connectivity index (χ2n) is 6.11. The fraction of sp³-hybridized carbons (Fsp3) is 0.0417. The van der Waals surface area contributed by atoms with Crippen molar-refractivity contribution in [2.24, 2.45) is 0 Å². The van der Waals surface area contributed by atoms with E-state index in [0.29, 0.717) is 16.7 Å². The first-order valence-corrected chi connectivity index (χ1v) is 10.4. The number of benzene rings is 3. The summed E-state index contributed by atoms with van der Waals surface area (Å²) >= 11 is 4.51. The Labute approximate surface area is 187 Å². The van der Waals surface area contributed by atoms with Gasteiger partial charge in [-0.05, 0) is 60.7 Å². The van der Waals surface area contributed by atoms with Crippen LogP contribution >= 0.6 is 27.7 Å². The van der Waals surface area contributed by atoms with Crippen LogP contribution in [0.5, 0.6) is 0 Å². The highest BCUT2D eigenvalue weighted by Crippen LogP contribution is 2.21. The molecule has 0 bridgehead atoms. The number of thioether (sulfide) groups is 1. The summed E-state index contributed by atoms with van der Waals surface area (Å²) in [6.07, 6.45) is 0. The van der Waals surface area contributed by atoms with Crippen molar-refractivity contribution in [2.45, 2.75) is 11.8 Å². The highest BCUT2D eigenvalue weighted by atomic mass is 79.9. The summed E-state index contributed by atoms with van der Waals surface area (Å²) in [5.74, 6) is 11.7. The fourth-order valence-electron chi connectivity index (χ4n) is 2.46. The molecule has 0 aromatic heterocycles. The Bertz CT molecular complexity index is 1230. The number of hydrogen-bond donors (Lipinski definition) is 0. The maximum Gasteiger partial charge on any atom is 0.286 e. The van der Waals surface area contributed by atoms with Crippen molar-refractivity contribution in [3.8, 4) is 23.7 Å². The molecule has 0 aliphatic carbocycles. The van der Waals surface area contributed by atoms with Crippen molar-refractivity contribution >= 4 is 38.5 Å². The van der Waals surface area contributed by atoms with Crippen LogP contribution in [0.15, 0.2) is 76.1 Å². The molecule has 30 heavy (non-hydrogen) atoms. The van der Waals surface area contributed by atoms with Crippen LogP contribution in [-0.2, 0) is 4.79 Å². The Balaban J connectivity index is 1.85. The molecule has 6 heteroatoms. The van der Waals surface area contributed by atoms with E-state index in [0.717, 1.165) is 26.7 Å². The molecule has 0 N–H and O–H groups in total. The predicted octanol–water partition coefficient (Wildman–Crippen LogP) is 5.80. The van der Waals surface area contributed by atoms with Crippen LogP contribution in [0.1, 0.15) is 29.2 Å². The largest absolute Gasteiger partial charge is 0.287 e. The highest BCUT2D eigenvalue weighted by Gasteiger charge is 2.12. The molecule has 4 nitrogen and oxygen atoms in total. The monoisotopic (exact) mass is 475 g/mol. The van der Waals surface area contributed by atoms with E-state index in [4.69, 9.17) is 0 Å². The number of hydrogen-bond acceptors (Lipinski definition) is 4. The van der Waals surface area contributed by atoms with Crippen molar-refractivity contribution in [3.63, 3.8) is 0 Å². The van der Waals surface area contributed by atoms with Gasteiger partial charge in [0.1, 0.15) is 5.56 Å². The number of carbonyl (C=O) groups excluding carboxylic acids is 1. The van der Waals surface area contributed by atoms with E-state index in [1.165, 1.54) is 13.0 Å². The minimum Gasteiger partial charge on any atom is -0.287 e. The third-order valence-electron chi connectivity index (χ3n) is 3.85. The van der Waals surface area contributed by atoms with Crippen LogP contribution in [0.3, 0.4) is 0 Å². The lowest BCUT2D eigenvalue weighted by molar-refractivity contribution is -0.385. The summed E-state index contributed by atoms with van der Waals surface area (Å²) in [6.45, 7) is 1.50. The molecule has 0 aliphatic rings. The zero-order valence-corrected chi connectivity index (χ0v) is 18.2. The number of nitro benzene ring substituents is 1. The molecule has 3 aromatic rings. The molecular formula is C24H14BrNO3S. The van der Waals surface area contributed by atoms with Gasteiger partial charge < -0.3 is 0 Å². The van der Waals surface area contributed by atoms with E-state index in [2.05, 4.69) is 39.6 Å². The fourth-order valence-corrected chi connectivity index (χ4v) is 3.32. The van der Waals surface area contributed by atoms with Crippen molar-refractivity contribution < 1.29 is 9.72 Å². The van der Waals surface area contributed by atoms with Crippen LogP contribution in [0.2, 0.25) is 0 Å². The average Bonchev–Trinajstić information content (AvgIpc) is 2.72. The van der Waals surface area contributed by atoms with E-state index >= 15 is 0 Å². The van der Waals surface area contributed by atoms with Crippen molar-refractivity contribution in [2.75, 3.05) is 0 Å². The Hall–Kier alpha value is -3.32. The zero-order valence-electron chi connectivity index (χ0n) is 15.8. The summed E-state index contributed by atoms with van der Waals surface area (Å²) in [6, 6.07) is 19.4. The summed E-state index contributed by atoms with van der Waals surface area (Å²) < 4.78 is 0.957. The van der Waals surface area contributed by atoms with Crippen LogP contribution in [0.25, 0.3) is 0 Å². The summed E-state index contributed by atoms with van der Waals surface area (Å²) in [5, 5.41) is 11.5. The zero-order chi connectivity index (χ0) is 21.5. The van der Waals surface area contributed by atoms with E-state index in [1.54, 1.807) is 36.4 Å². The van der Waals surface area contributed by atoms with Gasteiger partial charge in [-0.15, -0.1) is 0 Å². The van der Waals surface area contributed by atoms with Gasteiger partial charge in [0, 0.05) is 39.0 Å². The van der Waals surface area contributed by atoms with Crippen LogP contribution in [0, 0.1) is 33.8 Å². The molecule has 0 fully saturated rings. The lowest BCUT2D eigenvalue weighted by Crippen LogP contribution is -1.93. The molecule has 146 valence electrons. The van der Waals surface area contributed by atoms with E-state index in [-0.39, 0.29) is 10.8 Å². The molecule has 0 saturated heterocycles. The summed E-state index contributed by atoms with van der Waals surface area (Å²) in [5.41, 5.74) is 2.29. The topological polar surface area (TPSA) is 60.2 Å². The molecule has 0 radical (unpaired) electrons. The Morgan fingerprint density at radius 1 is 0.867 bits per heavy atom. The second kappa shape index (κ2) is 9.93. The van der Waals surface area contributed by atoms with E-state index < -0.39 is 4.92 Å². The van der Waals surface area contributed by atoms with Gasteiger partial charge in [0.25, 0.3) is 5.69 Å². The summed E-state index contributed by atoms with van der Waals surface area (Å²) in [4.78, 5) is 23.0. The molecule has 3 rings (SSSR count). The standard InChI is InChI=1S/C24H14BrNO3S/c1-17(27)30-23-14-8-19(9-15-23)4-10-21-11-5-20(16-24(21)26(28)29)3-2-18-6-12-22(25)13-7-18/h5-9,11-16H,1H3. The van der Waals surface area contributed by atoms with Gasteiger partial charge in [0.05, 0.1) is 4.92 Å². The van der Waals surface area contributed by atoms with Crippen molar-refractivity contribution in [1.29, 1.82) is 0 Å². The molecule has 0 amide bonds. The number of carbonyl (C=O) groups is 1. The minimum atomic E-state index is -0.457. The minimum absolute atomic E-state index is 0.00721. The molecule has 0 aliphatic heterocycles. The molecular weight excluding hydrogens is 462 g/mol. The van der Waals surface area contributed by atoms with Crippen molar-refractivity contribution in [1.82, 2.24) is 0 Å². The SMILES string of the molecule is CC(=O)Sc1ccc(C#Cc2ccc(C#Cc3ccc(Br)cc3)cc2[N+](=O)[O-])cc1. The number of rotatable bonds is 2. The second-order valence-corrected chi connectivity index (χ2v) is 8.28. The van der Waals surface area contributed by atoms with Gasteiger partial charge in [-0.2, -0.15) is 0 Å². The molecule has 0 saturated carbocycles. The predicted molar refractivity (Wildman–Crippen MR) is 122 cm³/mol. The van der Waals surface area contributed by atoms with Crippen molar-refractivity contribution in [3.05, 3.63) is 104 Å². The number of nitrogens with zero attached hydrogens (tertiary/aromatic N) is 1. The molecule has 3 aromatic carbocycles. The lowest BCUT2D eigenvalue weighted by atomic mass is 10.1. The molecule has 0 unspecified atom stereocenters. The van der Waals surface area contributed by atoms with Gasteiger partial charge in [0.2, 0.25) is 0 Å². The quantitative estimate of drug-likeness (QED) is 0.203. The first kappa shape index (κ1) is 21.4. The summed E-state index contributed by atoms with van der Waals surface area (Å²) in [7, 11) is 0. The Morgan fingerprint density at radius 2 is 1.40 bits per heavy atom. The van der Waals surface area contributed by atoms with Gasteiger partial charge in [-0.3, -0.25) is 14.9 Å². The van der Waals surface area contributed by atoms with Crippen LogP contribution in [-0.4, -0.2) is 10.0 Å². The van der Waals surface area contributed by atoms with Crippen LogP contribution < -0.4 is 0 Å². The van der Waals surface area contributed by atoms with E-state index in [9.17, 15) is 14.9 Å². The first-order valence-electron chi connectivity index (χ1n) is 8.77. The van der Waals surface area contributed by atoms with Gasteiger partial charge in [0.15, 0.2) is 5.12 Å². The molecule has 0 heterocycles.